The van der Waals surface area contributed by atoms with E-state index in [0.717, 1.165) is 23.9 Å². The number of carboxylic acid groups (broad SMARTS) is 2. The van der Waals surface area contributed by atoms with Gasteiger partial charge >= 0.3 is 11.9 Å². The quantitative estimate of drug-likeness (QED) is 0.113. The topological polar surface area (TPSA) is 277 Å². The van der Waals surface area contributed by atoms with E-state index in [9.17, 15) is 39.4 Å². The zero-order valence-electron chi connectivity index (χ0n) is 17.8. The average Bonchev–Trinajstić information content (AvgIpc) is 2.79. The van der Waals surface area contributed by atoms with Crippen molar-refractivity contribution in [3.63, 3.8) is 0 Å². The molecule has 0 aliphatic rings. The number of amides is 2. The van der Waals surface area contributed by atoms with E-state index < -0.39 is 63.6 Å². The lowest BCUT2D eigenvalue weighted by molar-refractivity contribution is -0.395. The van der Waals surface area contributed by atoms with Gasteiger partial charge in [0.25, 0.3) is 11.4 Å². The summed E-state index contributed by atoms with van der Waals surface area (Å²) in [7, 11) is 0. The Hall–Kier alpha value is -4.03. The highest BCUT2D eigenvalue weighted by Gasteiger charge is 2.28. The molecule has 2 amide bonds. The molecule has 0 heterocycles. The van der Waals surface area contributed by atoms with Gasteiger partial charge in [0.2, 0.25) is 11.8 Å². The number of nitro benzene ring substituents is 2. The molecule has 0 spiro atoms. The van der Waals surface area contributed by atoms with Crippen molar-refractivity contribution in [3.8, 4) is 0 Å². The Morgan fingerprint density at radius 1 is 1.09 bits per heavy atom. The highest BCUT2D eigenvalue weighted by atomic mass is 32.2. The lowest BCUT2D eigenvalue weighted by Gasteiger charge is -2.18. The summed E-state index contributed by atoms with van der Waals surface area (Å²) < 4.78 is 0. The Morgan fingerprint density at radius 3 is 2.11 bits per heavy atom. The minimum atomic E-state index is -1.37. The Balaban J connectivity index is 3.03. The fourth-order valence-electron chi connectivity index (χ4n) is 2.60. The van der Waals surface area contributed by atoms with Crippen LogP contribution in [0.25, 0.3) is 0 Å². The molecule has 0 bridgehead atoms. The molecule has 0 saturated carbocycles. The maximum atomic E-state index is 12.3. The molecule has 0 saturated heterocycles. The van der Waals surface area contributed by atoms with Crippen molar-refractivity contribution in [1.29, 1.82) is 0 Å². The Labute approximate surface area is 200 Å². The minimum Gasteiger partial charge on any atom is -0.480 e. The van der Waals surface area contributed by atoms with Crippen LogP contribution in [-0.2, 0) is 24.9 Å². The zero-order valence-corrected chi connectivity index (χ0v) is 18.6. The first kappa shape index (κ1) is 29.0. The van der Waals surface area contributed by atoms with Crippen molar-refractivity contribution < 1.29 is 44.4 Å². The van der Waals surface area contributed by atoms with Crippen molar-refractivity contribution in [2.45, 2.75) is 30.7 Å². The van der Waals surface area contributed by atoms with E-state index in [0.29, 0.717) is 0 Å². The third-order valence-electron chi connectivity index (χ3n) is 4.32. The predicted octanol–water partition coefficient (Wildman–Crippen LogP) is -0.585. The van der Waals surface area contributed by atoms with Gasteiger partial charge in [-0.15, -0.1) is 0 Å². The van der Waals surface area contributed by atoms with Crippen LogP contribution in [-0.4, -0.2) is 73.4 Å². The van der Waals surface area contributed by atoms with Crippen LogP contribution in [0.3, 0.4) is 0 Å². The monoisotopic (exact) mass is 518 g/mol. The maximum absolute atomic E-state index is 12.3. The smallest absolute Gasteiger partial charge is 0.322 e. The van der Waals surface area contributed by atoms with E-state index in [-0.39, 0.29) is 35.6 Å². The van der Waals surface area contributed by atoms with Gasteiger partial charge in [-0.05, 0) is 6.42 Å². The van der Waals surface area contributed by atoms with Gasteiger partial charge in [-0.2, -0.15) is 11.8 Å². The number of carbonyl (C=O) groups excluding carboxylic acids is 2. The Morgan fingerprint density at radius 2 is 1.66 bits per heavy atom. The van der Waals surface area contributed by atoms with Crippen molar-refractivity contribution >= 4 is 52.6 Å². The third-order valence-corrected chi connectivity index (χ3v) is 5.38. The maximum Gasteiger partial charge on any atom is 0.322 e. The molecular formula is C17H22N6O11S. The Bertz CT molecular complexity index is 970. The first-order valence-corrected chi connectivity index (χ1v) is 10.7. The molecular weight excluding hydrogens is 496 g/mol. The summed E-state index contributed by atoms with van der Waals surface area (Å²) in [5.41, 5.74) is 4.94. The van der Waals surface area contributed by atoms with Crippen LogP contribution in [0.2, 0.25) is 0 Å². The van der Waals surface area contributed by atoms with Gasteiger partial charge in [-0.25, -0.2) is 0 Å². The van der Waals surface area contributed by atoms with Gasteiger partial charge in [0.05, 0.1) is 15.5 Å². The van der Waals surface area contributed by atoms with Crippen molar-refractivity contribution in [3.05, 3.63) is 37.9 Å². The predicted molar refractivity (Wildman–Crippen MR) is 119 cm³/mol. The number of nitrogens with one attached hydrogen (secondary N) is 3. The zero-order chi connectivity index (χ0) is 26.7. The van der Waals surface area contributed by atoms with Crippen LogP contribution in [0.15, 0.2) is 12.1 Å². The van der Waals surface area contributed by atoms with Crippen LogP contribution in [0, 0.1) is 20.2 Å². The number of rotatable bonds is 15. The fraction of sp³-hybridized carbons (Fsp3) is 0.412. The molecule has 0 radical (unpaired) electrons. The van der Waals surface area contributed by atoms with Crippen LogP contribution >= 0.6 is 11.8 Å². The number of hydrogen-bond donors (Lipinski definition) is 7. The van der Waals surface area contributed by atoms with Crippen molar-refractivity contribution in [2.75, 3.05) is 17.8 Å². The van der Waals surface area contributed by atoms with E-state index in [1.807, 2.05) is 0 Å². The number of anilines is 1. The number of nitrogens with two attached hydrogens (primary N) is 1. The number of benzene rings is 1. The molecule has 18 heteroatoms. The summed E-state index contributed by atoms with van der Waals surface area (Å²) in [6, 6.07) is -0.947. The molecule has 192 valence electrons. The molecule has 1 rings (SSSR count). The molecule has 2 atom stereocenters. The van der Waals surface area contributed by atoms with Crippen LogP contribution in [0.5, 0.6) is 0 Å². The first-order valence-electron chi connectivity index (χ1n) is 9.58. The van der Waals surface area contributed by atoms with Crippen LogP contribution in [0.1, 0.15) is 18.4 Å². The van der Waals surface area contributed by atoms with Gasteiger partial charge in [-0.3, -0.25) is 50.1 Å². The third kappa shape index (κ3) is 9.39. The van der Waals surface area contributed by atoms with E-state index in [1.165, 1.54) is 0 Å². The minimum absolute atomic E-state index is 0.249. The number of nitrogens with zero attached hydrogens (tertiary/aromatic N) is 2. The average molecular weight is 518 g/mol. The highest BCUT2D eigenvalue weighted by Crippen LogP contribution is 2.35. The van der Waals surface area contributed by atoms with E-state index in [4.69, 9.17) is 21.2 Å². The molecule has 35 heavy (non-hydrogen) atoms. The molecule has 0 aliphatic carbocycles. The van der Waals surface area contributed by atoms with Gasteiger partial charge < -0.3 is 26.6 Å². The molecule has 1 aromatic rings. The molecule has 0 unspecified atom stereocenters. The summed E-state index contributed by atoms with van der Waals surface area (Å²) >= 11 is 0.791. The van der Waals surface area contributed by atoms with E-state index in [2.05, 4.69) is 10.6 Å². The standard InChI is InChI=1S/C17H22N6O11S/c18-10(17(28)29)1-2-14(24)20-11(16(27)19-5-15(25)26)7-35-6-9-12(22(31)32)3-8(21-30)4-13(9)23(33)34/h3-4,10-11,21,30H,1-2,5-7,18H2,(H,19,27)(H,20,24)(H,25,26)(H,28,29)/t10-,11-/m0/s1. The number of hydrogen-bond acceptors (Lipinski definition) is 12. The lowest BCUT2D eigenvalue weighted by atomic mass is 10.1. The summed E-state index contributed by atoms with van der Waals surface area (Å²) in [5, 5.41) is 53.6. The summed E-state index contributed by atoms with van der Waals surface area (Å²) in [5.74, 6) is -5.04. The molecule has 1 aromatic carbocycles. The number of aliphatic carboxylic acids is 2. The molecule has 8 N–H and O–H groups in total. The van der Waals surface area contributed by atoms with Crippen LogP contribution < -0.4 is 21.8 Å². The molecule has 0 aliphatic heterocycles. The number of nitro groups is 2. The van der Waals surface area contributed by atoms with Gasteiger partial charge in [-0.1, -0.05) is 0 Å². The van der Waals surface area contributed by atoms with E-state index in [1.54, 1.807) is 5.48 Å². The highest BCUT2D eigenvalue weighted by molar-refractivity contribution is 7.98. The van der Waals surface area contributed by atoms with Crippen LogP contribution in [0.4, 0.5) is 17.1 Å². The van der Waals surface area contributed by atoms with Crippen molar-refractivity contribution in [1.82, 2.24) is 10.6 Å². The number of thioether (sulfide) groups is 1. The summed E-state index contributed by atoms with van der Waals surface area (Å²) in [6.45, 7) is -0.772. The second-order valence-electron chi connectivity index (χ2n) is 6.85. The molecule has 0 aromatic heterocycles. The normalized spacial score (nSPS) is 12.2. The fourth-order valence-corrected chi connectivity index (χ4v) is 3.69. The number of carboxylic acids is 2. The van der Waals surface area contributed by atoms with Gasteiger partial charge in [0.1, 0.15) is 24.2 Å². The van der Waals surface area contributed by atoms with Gasteiger partial charge in [0, 0.05) is 30.1 Å². The summed E-state index contributed by atoms with van der Waals surface area (Å²) in [4.78, 5) is 66.9. The molecule has 0 fully saturated rings. The number of carbonyl (C=O) groups is 4. The van der Waals surface area contributed by atoms with E-state index >= 15 is 0 Å². The first-order chi connectivity index (χ1) is 16.4. The van der Waals surface area contributed by atoms with Crippen molar-refractivity contribution in [2.24, 2.45) is 5.73 Å². The largest absolute Gasteiger partial charge is 0.480 e. The Kier molecular flexibility index (Phi) is 11.3. The second kappa shape index (κ2) is 13.6. The second-order valence-corrected chi connectivity index (χ2v) is 7.88. The summed E-state index contributed by atoms with van der Waals surface area (Å²) in [6.07, 6.45) is -0.616. The lowest BCUT2D eigenvalue weighted by Crippen LogP contribution is -2.49. The SMILES string of the molecule is N[C@@H](CCC(=O)N[C@@H](CSCc1c([N+](=O)[O-])cc(NO)cc1[N+](=O)[O-])C(=O)NCC(=O)O)C(=O)O. The van der Waals surface area contributed by atoms with Gasteiger partial charge in [0.15, 0.2) is 0 Å². The molecule has 17 nitrogen and oxygen atoms in total.